The van der Waals surface area contributed by atoms with Gasteiger partial charge in [0.05, 0.1) is 11.4 Å². The summed E-state index contributed by atoms with van der Waals surface area (Å²) >= 11 is 1.46. The van der Waals surface area contributed by atoms with Crippen LogP contribution in [0.2, 0.25) is 0 Å². The first-order valence-electron chi connectivity index (χ1n) is 3.93. The van der Waals surface area contributed by atoms with Crippen LogP contribution in [0.4, 0.5) is 0 Å². The van der Waals surface area contributed by atoms with Crippen molar-refractivity contribution in [1.29, 1.82) is 0 Å². The summed E-state index contributed by atoms with van der Waals surface area (Å²) in [5, 5.41) is 0.753. The largest absolute Gasteiger partial charge is 0.272 e. The second-order valence-corrected chi connectivity index (χ2v) is 3.73. The number of carbonyl (C=O) groups excluding carboxylic acids is 1. The number of nitrogens with zero attached hydrogens (tertiary/aromatic N) is 2. The smallest absolute Gasteiger partial charge is 0.257 e. The molecule has 2 heterocycles. The van der Waals surface area contributed by atoms with Crippen LogP contribution >= 0.6 is 11.8 Å². The number of carbonyl (C=O) groups is 1. The van der Waals surface area contributed by atoms with Gasteiger partial charge in [0.25, 0.3) is 5.91 Å². The quantitative estimate of drug-likeness (QED) is 0.675. The Balaban J connectivity index is 2.41. The van der Waals surface area contributed by atoms with Crippen LogP contribution < -0.4 is 0 Å². The van der Waals surface area contributed by atoms with E-state index < -0.39 is 0 Å². The summed E-state index contributed by atoms with van der Waals surface area (Å²) in [6.07, 6.45) is 1.72. The molecule has 0 N–H and O–H groups in total. The van der Waals surface area contributed by atoms with Gasteiger partial charge in [0.2, 0.25) is 0 Å². The van der Waals surface area contributed by atoms with Crippen LogP contribution in [-0.4, -0.2) is 21.7 Å². The van der Waals surface area contributed by atoms with E-state index in [0.717, 1.165) is 16.3 Å². The lowest BCUT2D eigenvalue weighted by Gasteiger charge is -2.00. The van der Waals surface area contributed by atoms with Crippen molar-refractivity contribution in [2.75, 3.05) is 5.75 Å². The third-order valence-electron chi connectivity index (χ3n) is 1.77. The highest BCUT2D eigenvalue weighted by molar-refractivity contribution is 8.15. The van der Waals surface area contributed by atoms with E-state index in [9.17, 15) is 4.79 Å². The van der Waals surface area contributed by atoms with Gasteiger partial charge in [-0.2, -0.15) is 0 Å². The number of aliphatic imine (C=N–C) groups is 1. The second kappa shape index (κ2) is 3.30. The third kappa shape index (κ3) is 1.62. The number of rotatable bonds is 1. The topological polar surface area (TPSA) is 42.3 Å². The third-order valence-corrected chi connectivity index (χ3v) is 2.72. The molecule has 4 heteroatoms. The van der Waals surface area contributed by atoms with Gasteiger partial charge in [-0.05, 0) is 18.6 Å². The van der Waals surface area contributed by atoms with E-state index in [-0.39, 0.29) is 5.91 Å². The number of aryl methyl sites for hydroxylation is 1. The Morgan fingerprint density at radius 3 is 3.00 bits per heavy atom. The Hall–Kier alpha value is -1.16. The Kier molecular flexibility index (Phi) is 2.14. The molecule has 0 aromatic carbocycles. The summed E-state index contributed by atoms with van der Waals surface area (Å²) in [4.78, 5) is 19.0. The van der Waals surface area contributed by atoms with Crippen LogP contribution in [0.5, 0.6) is 0 Å². The maximum atomic E-state index is 10.9. The molecule has 66 valence electrons. The molecule has 0 fully saturated rings. The number of hydrogen-bond acceptors (Lipinski definition) is 3. The molecule has 0 saturated heterocycles. The number of amides is 1. The second-order valence-electron chi connectivity index (χ2n) is 2.77. The lowest BCUT2D eigenvalue weighted by atomic mass is 10.2. The van der Waals surface area contributed by atoms with Crippen molar-refractivity contribution in [3.63, 3.8) is 0 Å². The van der Waals surface area contributed by atoms with Crippen molar-refractivity contribution in [2.45, 2.75) is 6.92 Å². The fourth-order valence-corrected chi connectivity index (χ4v) is 1.98. The van der Waals surface area contributed by atoms with E-state index in [1.807, 2.05) is 19.1 Å². The number of pyridine rings is 1. The number of thioether (sulfide) groups is 1. The molecule has 0 bridgehead atoms. The molecule has 1 amide bonds. The molecular formula is C9H8N2OS. The highest BCUT2D eigenvalue weighted by Crippen LogP contribution is 2.20. The van der Waals surface area contributed by atoms with Crippen LogP contribution in [0.1, 0.15) is 11.3 Å². The van der Waals surface area contributed by atoms with Crippen molar-refractivity contribution in [1.82, 2.24) is 4.98 Å². The maximum Gasteiger partial charge on any atom is 0.257 e. The Morgan fingerprint density at radius 1 is 1.54 bits per heavy atom. The zero-order valence-electron chi connectivity index (χ0n) is 7.15. The van der Waals surface area contributed by atoms with E-state index in [4.69, 9.17) is 0 Å². The van der Waals surface area contributed by atoms with Crippen molar-refractivity contribution in [3.05, 3.63) is 29.6 Å². The summed E-state index contributed by atoms with van der Waals surface area (Å²) in [5.41, 5.74) is 1.89. The molecule has 1 aromatic heterocycles. The highest BCUT2D eigenvalue weighted by Gasteiger charge is 2.18. The average molecular weight is 192 g/mol. The van der Waals surface area contributed by atoms with Gasteiger partial charge in [-0.3, -0.25) is 9.78 Å². The molecule has 1 aromatic rings. The van der Waals surface area contributed by atoms with Gasteiger partial charge in [-0.15, -0.1) is 0 Å². The Labute approximate surface area is 80.3 Å². The predicted molar refractivity (Wildman–Crippen MR) is 53.0 cm³/mol. The fraction of sp³-hybridized carbons (Fsp3) is 0.222. The van der Waals surface area contributed by atoms with Crippen LogP contribution in [0.15, 0.2) is 23.3 Å². The van der Waals surface area contributed by atoms with Gasteiger partial charge in [-0.1, -0.05) is 17.8 Å². The number of hydrogen-bond donors (Lipinski definition) is 0. The van der Waals surface area contributed by atoms with Crippen molar-refractivity contribution < 1.29 is 4.79 Å². The average Bonchev–Trinajstić information content (AvgIpc) is 2.53. The van der Waals surface area contributed by atoms with E-state index in [1.54, 1.807) is 6.20 Å². The molecule has 1 aliphatic heterocycles. The van der Waals surface area contributed by atoms with Gasteiger partial charge < -0.3 is 0 Å². The summed E-state index contributed by atoms with van der Waals surface area (Å²) in [6, 6.07) is 3.84. The van der Waals surface area contributed by atoms with Crippen molar-refractivity contribution in [3.8, 4) is 0 Å². The molecular weight excluding hydrogens is 184 g/mol. The zero-order valence-corrected chi connectivity index (χ0v) is 7.97. The van der Waals surface area contributed by atoms with Gasteiger partial charge in [-0.25, -0.2) is 4.99 Å². The van der Waals surface area contributed by atoms with Crippen molar-refractivity contribution >= 4 is 22.7 Å². The molecule has 0 radical (unpaired) electrons. The molecule has 0 spiro atoms. The van der Waals surface area contributed by atoms with Gasteiger partial charge in [0.15, 0.2) is 0 Å². The first-order chi connectivity index (χ1) is 6.27. The monoisotopic (exact) mass is 192 g/mol. The standard InChI is InChI=1S/C9H8N2OS/c1-6-3-2-4-10-8(6)9-11-7(12)5-13-9/h2-4H,5H2,1H3. The molecule has 1 aliphatic rings. The molecule has 13 heavy (non-hydrogen) atoms. The molecule has 0 atom stereocenters. The molecule has 3 nitrogen and oxygen atoms in total. The summed E-state index contributed by atoms with van der Waals surface area (Å²) < 4.78 is 0. The summed E-state index contributed by atoms with van der Waals surface area (Å²) in [5.74, 6) is 0.385. The van der Waals surface area contributed by atoms with E-state index in [0.29, 0.717) is 5.75 Å². The minimum Gasteiger partial charge on any atom is -0.272 e. The normalized spacial score (nSPS) is 16.1. The van der Waals surface area contributed by atoms with E-state index in [1.165, 1.54) is 11.8 Å². The minimum absolute atomic E-state index is 0.0648. The maximum absolute atomic E-state index is 10.9. The Morgan fingerprint density at radius 2 is 2.38 bits per heavy atom. The predicted octanol–water partition coefficient (Wildman–Crippen LogP) is 1.41. The summed E-state index contributed by atoms with van der Waals surface area (Å²) in [6.45, 7) is 1.97. The summed E-state index contributed by atoms with van der Waals surface area (Å²) in [7, 11) is 0. The van der Waals surface area contributed by atoms with E-state index in [2.05, 4.69) is 9.98 Å². The van der Waals surface area contributed by atoms with Gasteiger partial charge in [0, 0.05) is 6.20 Å². The van der Waals surface area contributed by atoms with E-state index >= 15 is 0 Å². The SMILES string of the molecule is Cc1cccnc1C1=NC(=O)CS1. The van der Waals surface area contributed by atoms with Crippen LogP contribution in [0, 0.1) is 6.92 Å². The minimum atomic E-state index is -0.0648. The van der Waals surface area contributed by atoms with Gasteiger partial charge >= 0.3 is 0 Å². The van der Waals surface area contributed by atoms with Crippen LogP contribution in [-0.2, 0) is 4.79 Å². The Bertz CT molecular complexity index is 387. The molecule has 2 rings (SSSR count). The highest BCUT2D eigenvalue weighted by atomic mass is 32.2. The van der Waals surface area contributed by atoms with Crippen molar-refractivity contribution in [2.24, 2.45) is 4.99 Å². The molecule has 0 saturated carbocycles. The van der Waals surface area contributed by atoms with Crippen LogP contribution in [0.3, 0.4) is 0 Å². The fourth-order valence-electron chi connectivity index (χ4n) is 1.14. The molecule has 0 aliphatic carbocycles. The first kappa shape index (κ1) is 8.44. The van der Waals surface area contributed by atoms with Gasteiger partial charge in [0.1, 0.15) is 5.04 Å². The van der Waals surface area contributed by atoms with Crippen LogP contribution in [0.25, 0.3) is 0 Å². The lowest BCUT2D eigenvalue weighted by molar-refractivity contribution is -0.115. The first-order valence-corrected chi connectivity index (χ1v) is 4.92. The lowest BCUT2D eigenvalue weighted by Crippen LogP contribution is -1.98. The molecule has 0 unspecified atom stereocenters. The number of aromatic nitrogens is 1. The zero-order chi connectivity index (χ0) is 9.26.